The largest absolute Gasteiger partial charge is 0.462 e. The van der Waals surface area contributed by atoms with E-state index in [2.05, 4.69) is 9.97 Å². The molecule has 0 aliphatic carbocycles. The van der Waals surface area contributed by atoms with Crippen LogP contribution in [0.15, 0.2) is 11.4 Å². The number of anilines is 1. The molecule has 1 fully saturated rings. The number of sulfone groups is 1. The van der Waals surface area contributed by atoms with Crippen molar-refractivity contribution in [1.29, 1.82) is 0 Å². The maximum Gasteiger partial charge on any atom is 0.343 e. The van der Waals surface area contributed by atoms with E-state index in [1.54, 1.807) is 6.92 Å². The topological polar surface area (TPSA) is 132 Å². The Morgan fingerprint density at radius 1 is 1.57 bits per heavy atom. The number of aliphatic hydroxyl groups is 1. The van der Waals surface area contributed by atoms with Gasteiger partial charge in [-0.3, -0.25) is 0 Å². The van der Waals surface area contributed by atoms with Crippen molar-refractivity contribution in [1.82, 2.24) is 9.97 Å². The van der Waals surface area contributed by atoms with E-state index in [1.807, 2.05) is 0 Å². The van der Waals surface area contributed by atoms with Crippen LogP contribution in [0, 0.1) is 0 Å². The molecule has 10 heteroatoms. The lowest BCUT2D eigenvalue weighted by Gasteiger charge is -2.11. The van der Waals surface area contributed by atoms with Crippen LogP contribution in [-0.2, 0) is 14.6 Å². The number of nitrogen functional groups attached to an aromatic ring is 1. The van der Waals surface area contributed by atoms with Gasteiger partial charge >= 0.3 is 5.97 Å². The first-order valence-corrected chi connectivity index (χ1v) is 8.87. The first kappa shape index (κ1) is 16.0. The number of hydrogen-bond donors (Lipinski definition) is 2. The van der Waals surface area contributed by atoms with Gasteiger partial charge in [0, 0.05) is 6.20 Å². The second-order valence-corrected chi connectivity index (χ2v) is 7.83. The Hall–Kier alpha value is -1.39. The van der Waals surface area contributed by atoms with E-state index in [0.717, 1.165) is 11.8 Å². The van der Waals surface area contributed by atoms with Gasteiger partial charge in [0.2, 0.25) is 0 Å². The Balaban J connectivity index is 2.12. The Morgan fingerprint density at radius 3 is 2.81 bits per heavy atom. The van der Waals surface area contributed by atoms with E-state index in [1.165, 1.54) is 6.20 Å². The molecule has 1 aliphatic heterocycles. The highest BCUT2D eigenvalue weighted by atomic mass is 32.2. The molecule has 21 heavy (non-hydrogen) atoms. The maximum atomic E-state index is 11.6. The Bertz CT molecular complexity index is 649. The summed E-state index contributed by atoms with van der Waals surface area (Å²) in [6.45, 7) is 1.88. The summed E-state index contributed by atoms with van der Waals surface area (Å²) in [7, 11) is -3.24. The van der Waals surface area contributed by atoms with E-state index in [9.17, 15) is 18.3 Å². The molecule has 0 spiro atoms. The number of thioether (sulfide) groups is 1. The van der Waals surface area contributed by atoms with Gasteiger partial charge in [-0.05, 0) is 6.92 Å². The average molecular weight is 333 g/mol. The lowest BCUT2D eigenvalue weighted by atomic mass is 10.3. The molecule has 0 amide bonds. The molecule has 1 aromatic rings. The smallest absolute Gasteiger partial charge is 0.343 e. The fourth-order valence-corrected chi connectivity index (χ4v) is 5.26. The predicted molar refractivity (Wildman–Crippen MR) is 76.7 cm³/mol. The van der Waals surface area contributed by atoms with E-state index >= 15 is 0 Å². The molecule has 2 heterocycles. The van der Waals surface area contributed by atoms with Gasteiger partial charge in [0.05, 0.1) is 29.5 Å². The van der Waals surface area contributed by atoms with Crippen molar-refractivity contribution in [3.63, 3.8) is 0 Å². The van der Waals surface area contributed by atoms with Crippen LogP contribution < -0.4 is 5.73 Å². The number of nitrogens with two attached hydrogens (primary N) is 1. The molecule has 2 unspecified atom stereocenters. The third-order valence-electron chi connectivity index (χ3n) is 2.82. The number of esters is 1. The van der Waals surface area contributed by atoms with Gasteiger partial charge in [-0.25, -0.2) is 23.2 Å². The maximum absolute atomic E-state index is 11.6. The monoisotopic (exact) mass is 333 g/mol. The van der Waals surface area contributed by atoms with E-state index < -0.39 is 27.2 Å². The summed E-state index contributed by atoms with van der Waals surface area (Å²) in [6, 6.07) is 0. The standard InChI is InChI=1S/C11H15N3O5S2/c1-2-19-10(16)6-3-13-11(14-9(6)12)20-8-5-21(17,18)4-7(8)15/h3,7-8,15H,2,4-5H2,1H3,(H2,12,13,14). The molecule has 0 aromatic carbocycles. The third kappa shape index (κ3) is 3.83. The molecule has 1 aromatic heterocycles. The van der Waals surface area contributed by atoms with Crippen molar-refractivity contribution >= 4 is 33.4 Å². The summed E-state index contributed by atoms with van der Waals surface area (Å²) in [4.78, 5) is 19.4. The molecule has 116 valence electrons. The first-order valence-electron chi connectivity index (χ1n) is 6.17. The van der Waals surface area contributed by atoms with Crippen LogP contribution in [0.1, 0.15) is 17.3 Å². The zero-order chi connectivity index (χ0) is 15.6. The lowest BCUT2D eigenvalue weighted by molar-refractivity contribution is 0.0526. The van der Waals surface area contributed by atoms with E-state index in [-0.39, 0.29) is 34.7 Å². The lowest BCUT2D eigenvalue weighted by Crippen LogP contribution is -2.20. The average Bonchev–Trinajstić information content (AvgIpc) is 2.62. The minimum Gasteiger partial charge on any atom is -0.462 e. The summed E-state index contributed by atoms with van der Waals surface area (Å²) in [5, 5.41) is 9.38. The highest BCUT2D eigenvalue weighted by Gasteiger charge is 2.37. The summed E-state index contributed by atoms with van der Waals surface area (Å²) in [5.41, 5.74) is 5.73. The third-order valence-corrected chi connectivity index (χ3v) is 5.94. The van der Waals surface area contributed by atoms with Crippen molar-refractivity contribution in [2.45, 2.75) is 23.4 Å². The minimum absolute atomic E-state index is 0.0405. The van der Waals surface area contributed by atoms with Gasteiger partial charge in [-0.2, -0.15) is 0 Å². The SMILES string of the molecule is CCOC(=O)c1cnc(SC2CS(=O)(=O)CC2O)nc1N. The number of nitrogens with zero attached hydrogens (tertiary/aromatic N) is 2. The fourth-order valence-electron chi connectivity index (χ4n) is 1.85. The number of hydrogen-bond acceptors (Lipinski definition) is 9. The number of aromatic nitrogens is 2. The molecule has 0 saturated carbocycles. The molecule has 1 aliphatic rings. The van der Waals surface area contributed by atoms with Gasteiger partial charge in [0.25, 0.3) is 0 Å². The molecular weight excluding hydrogens is 318 g/mol. The van der Waals surface area contributed by atoms with Crippen molar-refractivity contribution in [2.24, 2.45) is 0 Å². The van der Waals surface area contributed by atoms with Crippen molar-refractivity contribution in [3.05, 3.63) is 11.8 Å². The summed E-state index contributed by atoms with van der Waals surface area (Å²) in [6.07, 6.45) is 0.271. The zero-order valence-corrected chi connectivity index (χ0v) is 12.9. The Morgan fingerprint density at radius 2 is 2.29 bits per heavy atom. The second-order valence-electron chi connectivity index (χ2n) is 4.47. The van der Waals surface area contributed by atoms with Gasteiger partial charge in [0.15, 0.2) is 15.0 Å². The fraction of sp³-hybridized carbons (Fsp3) is 0.545. The molecule has 8 nitrogen and oxygen atoms in total. The van der Waals surface area contributed by atoms with Crippen LogP contribution >= 0.6 is 11.8 Å². The number of rotatable bonds is 4. The number of carbonyl (C=O) groups is 1. The minimum atomic E-state index is -3.24. The quantitative estimate of drug-likeness (QED) is 0.552. The molecule has 3 N–H and O–H groups in total. The van der Waals surface area contributed by atoms with Crippen LogP contribution in [0.2, 0.25) is 0 Å². The predicted octanol–water partition coefficient (Wildman–Crippen LogP) is -0.515. The van der Waals surface area contributed by atoms with E-state index in [0.29, 0.717) is 0 Å². The highest BCUT2D eigenvalue weighted by molar-refractivity contribution is 8.01. The van der Waals surface area contributed by atoms with Crippen LogP contribution in [0.4, 0.5) is 5.82 Å². The van der Waals surface area contributed by atoms with Crippen LogP contribution in [-0.4, -0.2) is 58.9 Å². The van der Waals surface area contributed by atoms with Crippen LogP contribution in [0.5, 0.6) is 0 Å². The van der Waals surface area contributed by atoms with Gasteiger partial charge in [-0.15, -0.1) is 0 Å². The summed E-state index contributed by atoms with van der Waals surface area (Å²) in [5.74, 6) is -1.06. The Kier molecular flexibility index (Phi) is 4.69. The van der Waals surface area contributed by atoms with Gasteiger partial charge in [0.1, 0.15) is 11.4 Å². The molecule has 0 bridgehead atoms. The zero-order valence-electron chi connectivity index (χ0n) is 11.2. The number of carbonyl (C=O) groups excluding carboxylic acids is 1. The molecular formula is C11H15N3O5S2. The first-order chi connectivity index (χ1) is 9.82. The van der Waals surface area contributed by atoms with Gasteiger partial charge in [-0.1, -0.05) is 11.8 Å². The summed E-state index contributed by atoms with van der Waals surface area (Å²) >= 11 is 1.03. The molecule has 1 saturated heterocycles. The van der Waals surface area contributed by atoms with Crippen molar-refractivity contribution in [2.75, 3.05) is 23.8 Å². The molecule has 0 radical (unpaired) electrons. The second kappa shape index (κ2) is 6.16. The van der Waals surface area contributed by atoms with Crippen molar-refractivity contribution in [3.8, 4) is 0 Å². The molecule has 2 atom stereocenters. The van der Waals surface area contributed by atoms with Gasteiger partial charge < -0.3 is 15.6 Å². The molecule has 2 rings (SSSR count). The van der Waals surface area contributed by atoms with Crippen LogP contribution in [0.25, 0.3) is 0 Å². The summed E-state index contributed by atoms with van der Waals surface area (Å²) < 4.78 is 27.6. The van der Waals surface area contributed by atoms with E-state index in [4.69, 9.17) is 10.5 Å². The van der Waals surface area contributed by atoms with Crippen LogP contribution in [0.3, 0.4) is 0 Å². The number of aliphatic hydroxyl groups excluding tert-OH is 1. The Labute approximate surface area is 126 Å². The highest BCUT2D eigenvalue weighted by Crippen LogP contribution is 2.29. The number of ether oxygens (including phenoxy) is 1. The normalized spacial score (nSPS) is 23.9. The van der Waals surface area contributed by atoms with Crippen molar-refractivity contribution < 1.29 is 23.1 Å².